The highest BCUT2D eigenvalue weighted by atomic mass is 35.5. The number of nitrogens with two attached hydrogens (primary N) is 2. The molecular formula is C6H6ClF2N3. The Hall–Kier alpha value is -1.10. The Morgan fingerprint density at radius 3 is 2.42 bits per heavy atom. The van der Waals surface area contributed by atoms with Gasteiger partial charge in [0.2, 0.25) is 0 Å². The van der Waals surface area contributed by atoms with Crippen LogP contribution in [0.25, 0.3) is 0 Å². The molecule has 3 nitrogen and oxygen atoms in total. The summed E-state index contributed by atoms with van der Waals surface area (Å²) in [4.78, 5) is 3.34. The topological polar surface area (TPSA) is 64.9 Å². The van der Waals surface area contributed by atoms with Crippen molar-refractivity contribution in [3.8, 4) is 0 Å². The van der Waals surface area contributed by atoms with Crippen molar-refractivity contribution >= 4 is 23.0 Å². The minimum Gasteiger partial charge on any atom is -0.397 e. The second-order valence-corrected chi connectivity index (χ2v) is 2.50. The lowest BCUT2D eigenvalue weighted by Gasteiger charge is -2.05. The molecule has 0 atom stereocenters. The monoisotopic (exact) mass is 193 g/mol. The fourth-order valence-electron chi connectivity index (χ4n) is 0.711. The zero-order valence-electron chi connectivity index (χ0n) is 5.89. The van der Waals surface area contributed by atoms with E-state index in [0.29, 0.717) is 0 Å². The Bertz CT molecular complexity index is 303. The fraction of sp³-hybridized carbons (Fsp3) is 0.167. The van der Waals surface area contributed by atoms with Crippen LogP contribution in [-0.4, -0.2) is 4.98 Å². The molecule has 0 saturated carbocycles. The highest BCUT2D eigenvalue weighted by Gasteiger charge is 2.14. The summed E-state index contributed by atoms with van der Waals surface area (Å²) < 4.78 is 24.2. The Labute approximate surface area is 72.3 Å². The molecule has 1 aromatic rings. The molecule has 0 bridgehead atoms. The number of nitrogen functional groups attached to an aromatic ring is 2. The van der Waals surface area contributed by atoms with Gasteiger partial charge < -0.3 is 11.5 Å². The van der Waals surface area contributed by atoms with Crippen molar-refractivity contribution < 1.29 is 8.78 Å². The molecule has 0 spiro atoms. The van der Waals surface area contributed by atoms with Gasteiger partial charge in [-0.3, -0.25) is 0 Å². The van der Waals surface area contributed by atoms with Crippen molar-refractivity contribution in [2.24, 2.45) is 0 Å². The first-order valence-corrected chi connectivity index (χ1v) is 3.39. The van der Waals surface area contributed by atoms with Crippen LogP contribution in [0.1, 0.15) is 12.1 Å². The van der Waals surface area contributed by atoms with E-state index in [9.17, 15) is 8.78 Å². The Morgan fingerprint density at radius 2 is 1.92 bits per heavy atom. The first kappa shape index (κ1) is 8.99. The predicted molar refractivity (Wildman–Crippen MR) is 43.0 cm³/mol. The van der Waals surface area contributed by atoms with Gasteiger partial charge in [0.05, 0.1) is 11.4 Å². The van der Waals surface area contributed by atoms with E-state index in [1.807, 2.05) is 0 Å². The quantitative estimate of drug-likeness (QED) is 0.669. The minimum atomic E-state index is -2.73. The normalized spacial score (nSPS) is 10.7. The molecule has 0 aromatic carbocycles. The Balaban J connectivity index is 3.23. The molecule has 66 valence electrons. The van der Waals surface area contributed by atoms with Gasteiger partial charge in [-0.15, -0.1) is 0 Å². The number of pyridine rings is 1. The van der Waals surface area contributed by atoms with Crippen molar-refractivity contribution in [3.05, 3.63) is 16.9 Å². The van der Waals surface area contributed by atoms with E-state index in [1.54, 1.807) is 0 Å². The van der Waals surface area contributed by atoms with Gasteiger partial charge in [0.25, 0.3) is 6.43 Å². The molecule has 1 aromatic heterocycles. The zero-order chi connectivity index (χ0) is 9.30. The minimum absolute atomic E-state index is 0.0959. The van der Waals surface area contributed by atoms with Crippen LogP contribution < -0.4 is 11.5 Å². The molecule has 0 aliphatic heterocycles. The maximum absolute atomic E-state index is 12.1. The fourth-order valence-corrected chi connectivity index (χ4v) is 0.856. The van der Waals surface area contributed by atoms with Crippen LogP contribution in [0.5, 0.6) is 0 Å². The van der Waals surface area contributed by atoms with E-state index >= 15 is 0 Å². The molecule has 0 aliphatic carbocycles. The van der Waals surface area contributed by atoms with E-state index in [2.05, 4.69) is 4.98 Å². The molecule has 0 saturated heterocycles. The molecule has 1 heterocycles. The third-order valence-corrected chi connectivity index (χ3v) is 1.57. The molecule has 4 N–H and O–H groups in total. The second-order valence-electron chi connectivity index (χ2n) is 2.14. The summed E-state index contributed by atoms with van der Waals surface area (Å²) in [5.41, 5.74) is 9.90. The number of rotatable bonds is 1. The van der Waals surface area contributed by atoms with Gasteiger partial charge in [0.1, 0.15) is 5.69 Å². The van der Waals surface area contributed by atoms with Gasteiger partial charge in [0.15, 0.2) is 5.15 Å². The number of halogens is 3. The summed E-state index contributed by atoms with van der Waals surface area (Å²) in [6, 6.07) is 1.16. The summed E-state index contributed by atoms with van der Waals surface area (Å²) in [6.07, 6.45) is -2.73. The number of hydrogen-bond acceptors (Lipinski definition) is 3. The SMILES string of the molecule is Nc1cc(N)c(C(F)F)nc1Cl. The molecule has 1 rings (SSSR count). The molecular weight excluding hydrogens is 188 g/mol. The van der Waals surface area contributed by atoms with Crippen LogP contribution in [0.15, 0.2) is 6.07 Å². The molecule has 0 radical (unpaired) electrons. The van der Waals surface area contributed by atoms with Crippen molar-refractivity contribution in [1.29, 1.82) is 0 Å². The number of aromatic nitrogens is 1. The smallest absolute Gasteiger partial charge is 0.282 e. The van der Waals surface area contributed by atoms with E-state index in [1.165, 1.54) is 0 Å². The van der Waals surface area contributed by atoms with E-state index < -0.39 is 12.1 Å². The van der Waals surface area contributed by atoms with Crippen LogP contribution in [0.3, 0.4) is 0 Å². The lowest BCUT2D eigenvalue weighted by Crippen LogP contribution is -2.01. The van der Waals surface area contributed by atoms with E-state index in [0.717, 1.165) is 6.07 Å². The highest BCUT2D eigenvalue weighted by Crippen LogP contribution is 2.28. The maximum atomic E-state index is 12.1. The van der Waals surface area contributed by atoms with E-state index in [4.69, 9.17) is 23.1 Å². The first-order valence-electron chi connectivity index (χ1n) is 3.02. The first-order chi connectivity index (χ1) is 5.52. The summed E-state index contributed by atoms with van der Waals surface area (Å²) in [7, 11) is 0. The molecule has 0 amide bonds. The van der Waals surface area contributed by atoms with Crippen LogP contribution in [0, 0.1) is 0 Å². The highest BCUT2D eigenvalue weighted by molar-refractivity contribution is 6.31. The molecule has 6 heteroatoms. The Kier molecular flexibility index (Phi) is 2.32. The van der Waals surface area contributed by atoms with Gasteiger partial charge in [0, 0.05) is 0 Å². The lowest BCUT2D eigenvalue weighted by atomic mass is 10.3. The number of anilines is 2. The summed E-state index contributed by atoms with van der Waals surface area (Å²) in [6.45, 7) is 0. The average Bonchev–Trinajstić information content (AvgIpc) is 1.96. The van der Waals surface area contributed by atoms with Crippen molar-refractivity contribution in [2.75, 3.05) is 11.5 Å². The molecule has 0 aliphatic rings. The van der Waals surface area contributed by atoms with Crippen LogP contribution in [0.2, 0.25) is 5.15 Å². The van der Waals surface area contributed by atoms with Gasteiger partial charge in [-0.1, -0.05) is 11.6 Å². The molecule has 0 fully saturated rings. The van der Waals surface area contributed by atoms with Crippen LogP contribution in [-0.2, 0) is 0 Å². The van der Waals surface area contributed by atoms with Gasteiger partial charge in [-0.2, -0.15) is 0 Å². The molecule has 12 heavy (non-hydrogen) atoms. The zero-order valence-corrected chi connectivity index (χ0v) is 6.65. The van der Waals surface area contributed by atoms with E-state index in [-0.39, 0.29) is 16.5 Å². The lowest BCUT2D eigenvalue weighted by molar-refractivity contribution is 0.147. The third kappa shape index (κ3) is 1.55. The van der Waals surface area contributed by atoms with Crippen LogP contribution >= 0.6 is 11.6 Å². The van der Waals surface area contributed by atoms with Gasteiger partial charge in [-0.05, 0) is 6.07 Å². The summed E-state index contributed by atoms with van der Waals surface area (Å²) in [5.74, 6) is 0. The second kappa shape index (κ2) is 3.10. The average molecular weight is 194 g/mol. The standard InChI is InChI=1S/C6H6ClF2N3/c7-5-3(11)1-2(10)4(12-5)6(8)9/h1,6H,10-11H2. The number of alkyl halides is 2. The maximum Gasteiger partial charge on any atom is 0.282 e. The van der Waals surface area contributed by atoms with Crippen molar-refractivity contribution in [1.82, 2.24) is 4.98 Å². The summed E-state index contributed by atoms with van der Waals surface area (Å²) in [5, 5.41) is -0.153. The van der Waals surface area contributed by atoms with Crippen molar-refractivity contribution in [3.63, 3.8) is 0 Å². The van der Waals surface area contributed by atoms with Gasteiger partial charge in [-0.25, -0.2) is 13.8 Å². The van der Waals surface area contributed by atoms with Crippen LogP contribution in [0.4, 0.5) is 20.2 Å². The molecule has 0 unspecified atom stereocenters. The summed E-state index contributed by atoms with van der Waals surface area (Å²) >= 11 is 5.40. The largest absolute Gasteiger partial charge is 0.397 e. The Morgan fingerprint density at radius 1 is 1.33 bits per heavy atom. The number of nitrogens with zero attached hydrogens (tertiary/aromatic N) is 1. The van der Waals surface area contributed by atoms with Crippen molar-refractivity contribution in [2.45, 2.75) is 6.43 Å². The van der Waals surface area contributed by atoms with Gasteiger partial charge >= 0.3 is 0 Å². The predicted octanol–water partition coefficient (Wildman–Crippen LogP) is 1.84. The number of hydrogen-bond donors (Lipinski definition) is 2. The third-order valence-electron chi connectivity index (χ3n) is 1.27.